The van der Waals surface area contributed by atoms with E-state index in [-0.39, 0.29) is 6.04 Å². The van der Waals surface area contributed by atoms with Gasteiger partial charge in [-0.15, -0.1) is 0 Å². The average molecular weight is 299 g/mol. The van der Waals surface area contributed by atoms with Crippen molar-refractivity contribution in [3.63, 3.8) is 0 Å². The van der Waals surface area contributed by atoms with E-state index in [2.05, 4.69) is 19.2 Å². The summed E-state index contributed by atoms with van der Waals surface area (Å²) in [6.45, 7) is 4.32. The highest BCUT2D eigenvalue weighted by Crippen LogP contribution is 2.37. The van der Waals surface area contributed by atoms with Crippen LogP contribution >= 0.6 is 0 Å². The van der Waals surface area contributed by atoms with Crippen molar-refractivity contribution in [2.75, 3.05) is 0 Å². The Morgan fingerprint density at radius 3 is 2.38 bits per heavy atom. The minimum absolute atomic E-state index is 0.183. The molecule has 0 radical (unpaired) electrons. The van der Waals surface area contributed by atoms with E-state index >= 15 is 0 Å². The van der Waals surface area contributed by atoms with Crippen LogP contribution in [0.4, 0.5) is 13.2 Å². The molecule has 4 heteroatoms. The molecule has 1 aromatic carbocycles. The molecule has 0 heterocycles. The third kappa shape index (κ3) is 4.47. The molecule has 0 spiro atoms. The predicted molar refractivity (Wildman–Crippen MR) is 79.0 cm³/mol. The highest BCUT2D eigenvalue weighted by molar-refractivity contribution is 5.19. The Morgan fingerprint density at radius 2 is 1.86 bits per heavy atom. The van der Waals surface area contributed by atoms with Gasteiger partial charge >= 0.3 is 6.18 Å². The highest BCUT2D eigenvalue weighted by Gasteiger charge is 2.37. The Labute approximate surface area is 124 Å². The minimum Gasteiger partial charge on any atom is -0.307 e. The predicted octanol–water partition coefficient (Wildman–Crippen LogP) is 5.09. The first-order chi connectivity index (χ1) is 9.90. The summed E-state index contributed by atoms with van der Waals surface area (Å²) in [6.07, 6.45) is -1.77. The van der Waals surface area contributed by atoms with E-state index in [0.717, 1.165) is 24.8 Å². The molecule has 1 N–H and O–H groups in total. The standard InChI is InChI=1S/C17H24F3N/c1-3-13-9-10-15(12(13)2)21-16(11-17(18,19)20)14-7-5-4-6-8-14/h4-8,12-13,15-16,21H,3,9-11H2,1-2H3. The summed E-state index contributed by atoms with van der Waals surface area (Å²) in [5, 5.41) is 3.28. The lowest BCUT2D eigenvalue weighted by atomic mass is 9.92. The number of hydrogen-bond donors (Lipinski definition) is 1. The van der Waals surface area contributed by atoms with Gasteiger partial charge in [-0.25, -0.2) is 0 Å². The lowest BCUT2D eigenvalue weighted by Gasteiger charge is -2.28. The van der Waals surface area contributed by atoms with E-state index in [4.69, 9.17) is 0 Å². The molecule has 0 bridgehead atoms. The van der Waals surface area contributed by atoms with Crippen LogP contribution in [-0.4, -0.2) is 12.2 Å². The molecule has 4 unspecified atom stereocenters. The highest BCUT2D eigenvalue weighted by atomic mass is 19.4. The normalized spacial score (nSPS) is 27.8. The zero-order valence-electron chi connectivity index (χ0n) is 12.7. The maximum Gasteiger partial charge on any atom is 0.390 e. The van der Waals surface area contributed by atoms with Crippen LogP contribution in [0.3, 0.4) is 0 Å². The molecule has 118 valence electrons. The summed E-state index contributed by atoms with van der Waals surface area (Å²) in [4.78, 5) is 0. The first kappa shape index (κ1) is 16.3. The molecule has 1 aromatic rings. The number of halogens is 3. The van der Waals surface area contributed by atoms with Crippen molar-refractivity contribution < 1.29 is 13.2 Å². The maximum atomic E-state index is 12.9. The van der Waals surface area contributed by atoms with E-state index in [1.54, 1.807) is 24.3 Å². The van der Waals surface area contributed by atoms with Gasteiger partial charge in [0, 0.05) is 12.1 Å². The molecule has 1 nitrogen and oxygen atoms in total. The SMILES string of the molecule is CCC1CCC(NC(CC(F)(F)F)c2ccccc2)C1C. The quantitative estimate of drug-likeness (QED) is 0.798. The van der Waals surface area contributed by atoms with Crippen LogP contribution in [-0.2, 0) is 0 Å². The molecule has 0 saturated heterocycles. The summed E-state index contributed by atoms with van der Waals surface area (Å²) >= 11 is 0. The molecule has 21 heavy (non-hydrogen) atoms. The van der Waals surface area contributed by atoms with Crippen molar-refractivity contribution in [2.24, 2.45) is 11.8 Å². The molecular weight excluding hydrogens is 275 g/mol. The van der Waals surface area contributed by atoms with Gasteiger partial charge < -0.3 is 5.32 Å². The zero-order chi connectivity index (χ0) is 15.5. The van der Waals surface area contributed by atoms with Gasteiger partial charge in [-0.3, -0.25) is 0 Å². The number of nitrogens with one attached hydrogen (secondary N) is 1. The van der Waals surface area contributed by atoms with E-state index in [9.17, 15) is 13.2 Å². The van der Waals surface area contributed by atoms with Crippen LogP contribution < -0.4 is 5.32 Å². The Balaban J connectivity index is 2.10. The van der Waals surface area contributed by atoms with Crippen LogP contribution in [0.1, 0.15) is 51.1 Å². The van der Waals surface area contributed by atoms with Gasteiger partial charge in [0.2, 0.25) is 0 Å². The fraction of sp³-hybridized carbons (Fsp3) is 0.647. The van der Waals surface area contributed by atoms with Gasteiger partial charge in [0.05, 0.1) is 6.42 Å². The second kappa shape index (κ2) is 6.82. The molecular formula is C17H24F3N. The molecule has 0 aliphatic heterocycles. The Kier molecular flexibility index (Phi) is 5.31. The van der Waals surface area contributed by atoms with Gasteiger partial charge in [-0.2, -0.15) is 13.2 Å². The summed E-state index contributed by atoms with van der Waals surface area (Å²) in [6, 6.07) is 8.53. The van der Waals surface area contributed by atoms with Crippen LogP contribution in [0.15, 0.2) is 30.3 Å². The van der Waals surface area contributed by atoms with Gasteiger partial charge in [0.25, 0.3) is 0 Å². The molecule has 0 amide bonds. The number of rotatable bonds is 5. The zero-order valence-corrected chi connectivity index (χ0v) is 12.7. The van der Waals surface area contributed by atoms with E-state index in [0.29, 0.717) is 11.8 Å². The maximum absolute atomic E-state index is 12.9. The van der Waals surface area contributed by atoms with E-state index in [1.165, 1.54) is 0 Å². The summed E-state index contributed by atoms with van der Waals surface area (Å²) in [5.74, 6) is 1.07. The van der Waals surface area contributed by atoms with Crippen LogP contribution in [0.2, 0.25) is 0 Å². The molecule has 1 fully saturated rings. The molecule has 2 rings (SSSR count). The Bertz CT molecular complexity index is 429. The Morgan fingerprint density at radius 1 is 1.19 bits per heavy atom. The number of hydrogen-bond acceptors (Lipinski definition) is 1. The molecule has 1 aliphatic carbocycles. The van der Waals surface area contributed by atoms with Crippen molar-refractivity contribution in [1.82, 2.24) is 5.32 Å². The monoisotopic (exact) mass is 299 g/mol. The summed E-state index contributed by atoms with van der Waals surface area (Å²) < 4.78 is 38.6. The van der Waals surface area contributed by atoms with Crippen molar-refractivity contribution in [1.29, 1.82) is 0 Å². The number of benzene rings is 1. The number of alkyl halides is 3. The van der Waals surface area contributed by atoms with E-state index < -0.39 is 18.6 Å². The second-order valence-electron chi connectivity index (χ2n) is 6.16. The minimum atomic E-state index is -4.15. The Hall–Kier alpha value is -1.03. The van der Waals surface area contributed by atoms with E-state index in [1.807, 2.05) is 6.07 Å². The van der Waals surface area contributed by atoms with Crippen molar-refractivity contribution in [3.8, 4) is 0 Å². The third-order valence-electron chi connectivity index (χ3n) is 4.80. The topological polar surface area (TPSA) is 12.0 Å². The van der Waals surface area contributed by atoms with Crippen molar-refractivity contribution in [2.45, 2.75) is 57.8 Å². The van der Waals surface area contributed by atoms with Gasteiger partial charge in [-0.05, 0) is 30.2 Å². The molecule has 1 aliphatic rings. The van der Waals surface area contributed by atoms with Gasteiger partial charge in [0.1, 0.15) is 0 Å². The fourth-order valence-electron chi connectivity index (χ4n) is 3.51. The lowest BCUT2D eigenvalue weighted by Crippen LogP contribution is -2.37. The molecule has 0 aromatic heterocycles. The van der Waals surface area contributed by atoms with Gasteiger partial charge in [0.15, 0.2) is 0 Å². The lowest BCUT2D eigenvalue weighted by molar-refractivity contribution is -0.141. The van der Waals surface area contributed by atoms with Crippen molar-refractivity contribution >= 4 is 0 Å². The van der Waals surface area contributed by atoms with Crippen LogP contribution in [0.5, 0.6) is 0 Å². The van der Waals surface area contributed by atoms with Gasteiger partial charge in [-0.1, -0.05) is 50.6 Å². The summed E-state index contributed by atoms with van der Waals surface area (Å²) in [5.41, 5.74) is 0.724. The molecule has 1 saturated carbocycles. The van der Waals surface area contributed by atoms with Crippen molar-refractivity contribution in [3.05, 3.63) is 35.9 Å². The first-order valence-electron chi connectivity index (χ1n) is 7.78. The summed E-state index contributed by atoms with van der Waals surface area (Å²) in [7, 11) is 0. The smallest absolute Gasteiger partial charge is 0.307 e. The average Bonchev–Trinajstić information content (AvgIpc) is 2.78. The largest absolute Gasteiger partial charge is 0.390 e. The molecule has 4 atom stereocenters. The van der Waals surface area contributed by atoms with Crippen LogP contribution in [0.25, 0.3) is 0 Å². The fourth-order valence-corrected chi connectivity index (χ4v) is 3.51. The first-order valence-corrected chi connectivity index (χ1v) is 7.78. The third-order valence-corrected chi connectivity index (χ3v) is 4.80. The van der Waals surface area contributed by atoms with Crippen LogP contribution in [0, 0.1) is 11.8 Å². The second-order valence-corrected chi connectivity index (χ2v) is 6.16.